The minimum Gasteiger partial charge on any atom is -0.454 e. The van der Waals surface area contributed by atoms with Crippen molar-refractivity contribution in [2.24, 2.45) is 0 Å². The molecule has 0 spiro atoms. The Kier molecular flexibility index (Phi) is 10.3. The van der Waals surface area contributed by atoms with Crippen LogP contribution in [0.3, 0.4) is 0 Å². The quantitative estimate of drug-likeness (QED) is 0.128. The highest BCUT2D eigenvalue weighted by molar-refractivity contribution is 6.29. The first-order chi connectivity index (χ1) is 33.3. The first kappa shape index (κ1) is 39.9. The van der Waals surface area contributed by atoms with Crippen LogP contribution >= 0.6 is 0 Å². The highest BCUT2D eigenvalue weighted by Gasteiger charge is 2.32. The van der Waals surface area contributed by atoms with E-state index in [4.69, 9.17) is 4.42 Å². The second-order valence-corrected chi connectivity index (χ2v) is 17.1. The highest BCUT2D eigenvalue weighted by atomic mass is 16.3. The second kappa shape index (κ2) is 17.4. The lowest BCUT2D eigenvalue weighted by Crippen LogP contribution is -2.17. The number of benzene rings is 10. The third-order valence-corrected chi connectivity index (χ3v) is 13.2. The Morgan fingerprint density at radius 3 is 1.30 bits per heavy atom. The Hall–Kier alpha value is -8.66. The Morgan fingerprint density at radius 2 is 0.776 bits per heavy atom. The number of allylic oxidation sites excluding steroid dienone is 4. The third-order valence-electron chi connectivity index (χ3n) is 13.2. The van der Waals surface area contributed by atoms with Gasteiger partial charge in [-0.3, -0.25) is 0 Å². The van der Waals surface area contributed by atoms with Crippen LogP contribution in [0.5, 0.6) is 0 Å². The fourth-order valence-corrected chi connectivity index (χ4v) is 10.2. The number of hydrogen-bond donors (Lipinski definition) is 0. The lowest BCUT2D eigenvalue weighted by atomic mass is 9.89. The van der Waals surface area contributed by atoms with Crippen LogP contribution < -0.4 is 9.80 Å². The number of hydrogen-bond acceptors (Lipinski definition) is 3. The van der Waals surface area contributed by atoms with Crippen LogP contribution in [-0.2, 0) is 0 Å². The lowest BCUT2D eigenvalue weighted by Gasteiger charge is -2.35. The summed E-state index contributed by atoms with van der Waals surface area (Å²) in [5.41, 5.74) is 16.0. The van der Waals surface area contributed by atoms with Gasteiger partial charge in [-0.05, 0) is 59.0 Å². The van der Waals surface area contributed by atoms with Gasteiger partial charge in [0, 0.05) is 38.8 Å². The number of rotatable bonds is 10. The largest absolute Gasteiger partial charge is 0.454 e. The molecule has 1 atom stereocenters. The van der Waals surface area contributed by atoms with Crippen molar-refractivity contribution in [1.29, 1.82) is 0 Å². The number of furan rings is 1. The number of anilines is 6. The summed E-state index contributed by atoms with van der Waals surface area (Å²) in [6.45, 7) is 0. The van der Waals surface area contributed by atoms with E-state index >= 15 is 0 Å². The van der Waals surface area contributed by atoms with Gasteiger partial charge in [0.05, 0.1) is 39.5 Å². The van der Waals surface area contributed by atoms with E-state index in [0.717, 1.165) is 107 Å². The molecule has 1 aliphatic rings. The maximum absolute atomic E-state index is 7.45. The molecular formula is C64H46N2O. The van der Waals surface area contributed by atoms with E-state index in [0.29, 0.717) is 0 Å². The van der Waals surface area contributed by atoms with E-state index in [1.807, 2.05) is 0 Å². The molecule has 0 fully saturated rings. The zero-order chi connectivity index (χ0) is 44.5. The summed E-state index contributed by atoms with van der Waals surface area (Å²) in [4.78, 5) is 5.01. The van der Waals surface area contributed by atoms with Crippen LogP contribution in [0.4, 0.5) is 34.1 Å². The molecule has 67 heavy (non-hydrogen) atoms. The van der Waals surface area contributed by atoms with Gasteiger partial charge in [-0.15, -0.1) is 0 Å². The Labute approximate surface area is 391 Å². The van der Waals surface area contributed by atoms with Crippen molar-refractivity contribution in [3.8, 4) is 33.4 Å². The standard InChI is InChI=1S/C64H46N2O/c1-5-25-45(26-6-1)49-33-15-20-40-56(49)65(57-41-21-16-34-50(57)46-27-7-2-8-28-46)62-53-37-13-14-38-54(53)63(64-61(62)55-39-19-24-44-60(55)67-64)66(58-42-22-17-35-51(58)47-29-9-3-10-30-47)59-43-23-18-36-52(59)48-31-11-4-12-32-48/h1-31,33-44,48H,32H2. The molecule has 0 N–H and O–H groups in total. The van der Waals surface area contributed by atoms with Crippen molar-refractivity contribution in [3.63, 3.8) is 0 Å². The maximum atomic E-state index is 7.45. The van der Waals surface area contributed by atoms with Gasteiger partial charge in [-0.2, -0.15) is 0 Å². The average molecular weight is 859 g/mol. The zero-order valence-electron chi connectivity index (χ0n) is 36.9. The molecule has 1 aliphatic carbocycles. The molecule has 0 amide bonds. The van der Waals surface area contributed by atoms with Crippen molar-refractivity contribution in [3.05, 3.63) is 266 Å². The van der Waals surface area contributed by atoms with E-state index in [1.54, 1.807) is 0 Å². The molecular weight excluding hydrogens is 813 g/mol. The average Bonchev–Trinajstić information content (AvgIpc) is 3.80. The molecule has 318 valence electrons. The van der Waals surface area contributed by atoms with Gasteiger partial charge in [0.1, 0.15) is 5.58 Å². The van der Waals surface area contributed by atoms with Crippen molar-refractivity contribution in [1.82, 2.24) is 0 Å². The molecule has 0 bridgehead atoms. The van der Waals surface area contributed by atoms with Crippen molar-refractivity contribution >= 4 is 66.8 Å². The molecule has 0 saturated carbocycles. The van der Waals surface area contributed by atoms with Crippen molar-refractivity contribution < 1.29 is 4.42 Å². The minimum atomic E-state index is 0.184. The van der Waals surface area contributed by atoms with Gasteiger partial charge in [0.2, 0.25) is 0 Å². The summed E-state index contributed by atoms with van der Waals surface area (Å²) in [6, 6.07) is 85.2. The molecule has 0 radical (unpaired) electrons. The van der Waals surface area contributed by atoms with E-state index in [1.165, 1.54) is 5.56 Å². The molecule has 3 nitrogen and oxygen atoms in total. The first-order valence-corrected chi connectivity index (χ1v) is 23.1. The monoisotopic (exact) mass is 858 g/mol. The Bertz CT molecular complexity index is 3540. The van der Waals surface area contributed by atoms with Crippen LogP contribution in [0.15, 0.2) is 265 Å². The van der Waals surface area contributed by atoms with Gasteiger partial charge in [0.15, 0.2) is 5.58 Å². The van der Waals surface area contributed by atoms with Gasteiger partial charge in [0.25, 0.3) is 0 Å². The number of para-hydroxylation sites is 5. The fraction of sp³-hybridized carbons (Fsp3) is 0.0312. The second-order valence-electron chi connectivity index (χ2n) is 17.1. The molecule has 10 aromatic carbocycles. The van der Waals surface area contributed by atoms with E-state index in [-0.39, 0.29) is 5.92 Å². The smallest absolute Gasteiger partial charge is 0.162 e. The number of fused-ring (bicyclic) bond motifs is 4. The van der Waals surface area contributed by atoms with E-state index in [2.05, 4.69) is 271 Å². The molecule has 0 aliphatic heterocycles. The topological polar surface area (TPSA) is 19.6 Å². The molecule has 3 heteroatoms. The predicted molar refractivity (Wildman–Crippen MR) is 283 cm³/mol. The fourth-order valence-electron chi connectivity index (χ4n) is 10.2. The van der Waals surface area contributed by atoms with Crippen LogP contribution in [-0.4, -0.2) is 0 Å². The molecule has 11 aromatic rings. The summed E-state index contributed by atoms with van der Waals surface area (Å²) in [5.74, 6) is 0.184. The summed E-state index contributed by atoms with van der Waals surface area (Å²) in [7, 11) is 0. The molecule has 1 unspecified atom stereocenters. The van der Waals surface area contributed by atoms with Crippen molar-refractivity contribution in [2.45, 2.75) is 12.3 Å². The lowest BCUT2D eigenvalue weighted by molar-refractivity contribution is 0.669. The van der Waals surface area contributed by atoms with Crippen LogP contribution in [0.25, 0.3) is 66.1 Å². The SMILES string of the molecule is C1=CCC(c2ccccc2N(c2ccccc2-c2ccccc2)c2c3ccccc3c(N(c3ccccc3-c3ccccc3)c3ccccc3-c3ccccc3)c3c2oc2ccccc23)C=C1. The van der Waals surface area contributed by atoms with Gasteiger partial charge < -0.3 is 14.2 Å². The molecule has 0 saturated heterocycles. The Balaban J connectivity index is 1.25. The Morgan fingerprint density at radius 1 is 0.358 bits per heavy atom. The first-order valence-electron chi connectivity index (χ1n) is 23.1. The van der Waals surface area contributed by atoms with Gasteiger partial charge in [-0.1, -0.05) is 231 Å². The van der Waals surface area contributed by atoms with E-state index < -0.39 is 0 Å². The summed E-state index contributed by atoms with van der Waals surface area (Å²) in [6.07, 6.45) is 9.87. The van der Waals surface area contributed by atoms with Crippen molar-refractivity contribution in [2.75, 3.05) is 9.80 Å². The third kappa shape index (κ3) is 7.09. The maximum Gasteiger partial charge on any atom is 0.162 e. The summed E-state index contributed by atoms with van der Waals surface area (Å²) >= 11 is 0. The van der Waals surface area contributed by atoms with Gasteiger partial charge >= 0.3 is 0 Å². The summed E-state index contributed by atoms with van der Waals surface area (Å²) < 4.78 is 7.45. The molecule has 12 rings (SSSR count). The normalized spacial score (nSPS) is 13.3. The minimum absolute atomic E-state index is 0.184. The summed E-state index contributed by atoms with van der Waals surface area (Å²) in [5, 5.41) is 4.25. The zero-order valence-corrected chi connectivity index (χ0v) is 36.9. The highest BCUT2D eigenvalue weighted by Crippen LogP contribution is 2.57. The van der Waals surface area contributed by atoms with Gasteiger partial charge in [-0.25, -0.2) is 0 Å². The molecule has 1 heterocycles. The van der Waals surface area contributed by atoms with E-state index in [9.17, 15) is 0 Å². The van der Waals surface area contributed by atoms with Crippen LogP contribution in [0, 0.1) is 0 Å². The predicted octanol–water partition coefficient (Wildman–Crippen LogP) is 18.3. The number of nitrogens with zero attached hydrogens (tertiary/aromatic N) is 2. The van der Waals surface area contributed by atoms with Crippen LogP contribution in [0.1, 0.15) is 17.9 Å². The van der Waals surface area contributed by atoms with Crippen LogP contribution in [0.2, 0.25) is 0 Å². The molecule has 1 aromatic heterocycles.